The number of allylic oxidation sites excluding steroid dienone is 1. The van der Waals surface area contributed by atoms with Gasteiger partial charge < -0.3 is 9.52 Å². The van der Waals surface area contributed by atoms with E-state index in [2.05, 4.69) is 13.5 Å². The maximum Gasteiger partial charge on any atom is 0.309 e. The van der Waals surface area contributed by atoms with Gasteiger partial charge in [-0.2, -0.15) is 0 Å². The molecular weight excluding hydrogens is 288 g/mol. The molecule has 1 aromatic rings. The number of fused-ring (bicyclic) bond motifs is 1. The van der Waals surface area contributed by atoms with Gasteiger partial charge in [-0.3, -0.25) is 4.79 Å². The SMILES string of the molecule is C=C1CCC2[C@](C)(CCC[C@]2(C)C(=O)O)[C@@H]1CCc1ccoc1. The van der Waals surface area contributed by atoms with E-state index in [-0.39, 0.29) is 11.3 Å². The normalized spacial score (nSPS) is 37.4. The molecule has 1 N–H and O–H groups in total. The molecule has 3 rings (SSSR count). The van der Waals surface area contributed by atoms with Gasteiger partial charge in [-0.25, -0.2) is 0 Å². The van der Waals surface area contributed by atoms with Gasteiger partial charge in [0.15, 0.2) is 0 Å². The van der Waals surface area contributed by atoms with Crippen LogP contribution in [0.3, 0.4) is 0 Å². The summed E-state index contributed by atoms with van der Waals surface area (Å²) >= 11 is 0. The summed E-state index contributed by atoms with van der Waals surface area (Å²) in [7, 11) is 0. The van der Waals surface area contributed by atoms with Crippen LogP contribution in [0, 0.1) is 22.7 Å². The van der Waals surface area contributed by atoms with Gasteiger partial charge in [0.05, 0.1) is 17.9 Å². The van der Waals surface area contributed by atoms with Gasteiger partial charge in [-0.05, 0) is 74.3 Å². The predicted octanol–water partition coefficient (Wildman–Crippen LogP) is 5.08. The highest BCUT2D eigenvalue weighted by atomic mass is 16.4. The summed E-state index contributed by atoms with van der Waals surface area (Å²) in [5.74, 6) is 0.0470. The van der Waals surface area contributed by atoms with E-state index < -0.39 is 11.4 Å². The van der Waals surface area contributed by atoms with Crippen LogP contribution in [0.1, 0.15) is 57.9 Å². The molecule has 23 heavy (non-hydrogen) atoms. The first-order valence-corrected chi connectivity index (χ1v) is 8.80. The summed E-state index contributed by atoms with van der Waals surface area (Å²) in [6.07, 6.45) is 10.4. The Hall–Kier alpha value is -1.51. The standard InChI is InChI=1S/C20H28O3/c1-14-5-8-17-19(2,10-4-11-20(17,3)18(21)22)16(14)7-6-15-9-12-23-13-15/h9,12-13,16-17H,1,4-8,10-11H2,2-3H3,(H,21,22)/t16-,17?,19-,20+/m1/s1. The maximum atomic E-state index is 12.0. The molecule has 3 heteroatoms. The number of carboxylic acid groups (broad SMARTS) is 1. The molecule has 0 spiro atoms. The van der Waals surface area contributed by atoms with Crippen molar-refractivity contribution in [3.05, 3.63) is 36.3 Å². The number of rotatable bonds is 4. The molecule has 2 aliphatic rings. The van der Waals surface area contributed by atoms with E-state index in [0.717, 1.165) is 44.9 Å². The molecule has 0 amide bonds. The highest BCUT2D eigenvalue weighted by Crippen LogP contribution is 2.61. The van der Waals surface area contributed by atoms with Crippen LogP contribution >= 0.6 is 0 Å². The van der Waals surface area contributed by atoms with Crippen molar-refractivity contribution in [2.45, 2.75) is 58.8 Å². The van der Waals surface area contributed by atoms with Crippen LogP contribution < -0.4 is 0 Å². The third-order valence-corrected chi connectivity index (χ3v) is 6.81. The van der Waals surface area contributed by atoms with Crippen LogP contribution in [0.25, 0.3) is 0 Å². The van der Waals surface area contributed by atoms with E-state index in [9.17, 15) is 9.90 Å². The van der Waals surface area contributed by atoms with Crippen LogP contribution in [0.2, 0.25) is 0 Å². The minimum absolute atomic E-state index is 0.0600. The van der Waals surface area contributed by atoms with Gasteiger partial charge in [-0.15, -0.1) is 0 Å². The van der Waals surface area contributed by atoms with Crippen LogP contribution in [0.15, 0.2) is 35.2 Å². The third-order valence-electron chi connectivity index (χ3n) is 6.81. The van der Waals surface area contributed by atoms with Gasteiger partial charge in [-0.1, -0.05) is 25.5 Å². The molecule has 0 aromatic carbocycles. The number of hydrogen-bond donors (Lipinski definition) is 1. The van der Waals surface area contributed by atoms with Crippen LogP contribution in [0.5, 0.6) is 0 Å². The maximum absolute atomic E-state index is 12.0. The molecule has 0 saturated heterocycles. The fourth-order valence-electron chi connectivity index (χ4n) is 5.48. The quantitative estimate of drug-likeness (QED) is 0.788. The summed E-state index contributed by atoms with van der Waals surface area (Å²) in [4.78, 5) is 12.0. The van der Waals surface area contributed by atoms with Crippen molar-refractivity contribution in [2.75, 3.05) is 0 Å². The van der Waals surface area contributed by atoms with E-state index in [1.54, 1.807) is 6.26 Å². The molecule has 2 aliphatic carbocycles. The van der Waals surface area contributed by atoms with Crippen LogP contribution in [0.4, 0.5) is 0 Å². The molecule has 3 nitrogen and oxygen atoms in total. The van der Waals surface area contributed by atoms with Gasteiger partial charge in [0, 0.05) is 0 Å². The number of carboxylic acids is 1. The summed E-state index contributed by atoms with van der Waals surface area (Å²) in [5, 5.41) is 9.85. The lowest BCUT2D eigenvalue weighted by molar-refractivity contribution is -0.164. The first kappa shape index (κ1) is 16.4. The molecule has 126 valence electrons. The Morgan fingerprint density at radius 2 is 2.22 bits per heavy atom. The molecule has 2 saturated carbocycles. The van der Waals surface area contributed by atoms with E-state index in [0.29, 0.717) is 5.92 Å². The molecule has 0 aliphatic heterocycles. The third kappa shape index (κ3) is 2.64. The highest BCUT2D eigenvalue weighted by molar-refractivity contribution is 5.75. The van der Waals surface area contributed by atoms with Gasteiger partial charge in [0.2, 0.25) is 0 Å². The molecule has 0 bridgehead atoms. The Labute approximate surface area is 138 Å². The Kier molecular flexibility index (Phi) is 4.16. The van der Waals surface area contributed by atoms with E-state index in [1.807, 2.05) is 19.3 Å². The van der Waals surface area contributed by atoms with Gasteiger partial charge in [0.25, 0.3) is 0 Å². The Bertz CT molecular complexity index is 588. The first-order chi connectivity index (χ1) is 10.9. The predicted molar refractivity (Wildman–Crippen MR) is 90.1 cm³/mol. The largest absolute Gasteiger partial charge is 0.481 e. The number of aryl methyl sites for hydroxylation is 1. The zero-order valence-corrected chi connectivity index (χ0v) is 14.3. The monoisotopic (exact) mass is 316 g/mol. The van der Waals surface area contributed by atoms with Crippen molar-refractivity contribution in [1.82, 2.24) is 0 Å². The minimum Gasteiger partial charge on any atom is -0.481 e. The zero-order chi connectivity index (χ0) is 16.7. The Balaban J connectivity index is 1.86. The molecule has 2 fully saturated rings. The molecule has 0 radical (unpaired) electrons. The van der Waals surface area contributed by atoms with Crippen molar-refractivity contribution in [3.63, 3.8) is 0 Å². The Morgan fingerprint density at radius 1 is 1.43 bits per heavy atom. The second-order valence-electron chi connectivity index (χ2n) is 8.05. The molecular formula is C20H28O3. The van der Waals surface area contributed by atoms with Gasteiger partial charge >= 0.3 is 5.97 Å². The van der Waals surface area contributed by atoms with E-state index >= 15 is 0 Å². The lowest BCUT2D eigenvalue weighted by Crippen LogP contribution is -2.53. The number of carbonyl (C=O) groups is 1. The lowest BCUT2D eigenvalue weighted by Gasteiger charge is -2.57. The fraction of sp³-hybridized carbons (Fsp3) is 0.650. The molecule has 1 aromatic heterocycles. The van der Waals surface area contributed by atoms with Crippen LogP contribution in [-0.2, 0) is 11.2 Å². The lowest BCUT2D eigenvalue weighted by atomic mass is 9.46. The summed E-state index contributed by atoms with van der Waals surface area (Å²) in [5.41, 5.74) is 2.02. The van der Waals surface area contributed by atoms with Crippen LogP contribution in [-0.4, -0.2) is 11.1 Å². The highest BCUT2D eigenvalue weighted by Gasteiger charge is 2.57. The van der Waals surface area contributed by atoms with E-state index in [4.69, 9.17) is 4.42 Å². The average Bonchev–Trinajstić information content (AvgIpc) is 2.99. The average molecular weight is 316 g/mol. The van der Waals surface area contributed by atoms with Gasteiger partial charge in [0.1, 0.15) is 0 Å². The summed E-state index contributed by atoms with van der Waals surface area (Å²) in [6.45, 7) is 8.65. The number of furan rings is 1. The van der Waals surface area contributed by atoms with Crippen molar-refractivity contribution >= 4 is 5.97 Å². The summed E-state index contributed by atoms with van der Waals surface area (Å²) in [6, 6.07) is 2.02. The first-order valence-electron chi connectivity index (χ1n) is 8.80. The topological polar surface area (TPSA) is 50.4 Å². The molecule has 1 unspecified atom stereocenters. The van der Waals surface area contributed by atoms with Crippen molar-refractivity contribution in [1.29, 1.82) is 0 Å². The van der Waals surface area contributed by atoms with E-state index in [1.165, 1.54) is 11.1 Å². The van der Waals surface area contributed by atoms with Crippen molar-refractivity contribution < 1.29 is 14.3 Å². The number of hydrogen-bond acceptors (Lipinski definition) is 2. The van der Waals surface area contributed by atoms with Crippen molar-refractivity contribution in [3.8, 4) is 0 Å². The molecule has 1 heterocycles. The number of aliphatic carboxylic acids is 1. The smallest absolute Gasteiger partial charge is 0.309 e. The van der Waals surface area contributed by atoms with Crippen molar-refractivity contribution in [2.24, 2.45) is 22.7 Å². The summed E-state index contributed by atoms with van der Waals surface area (Å²) < 4.78 is 5.18. The Morgan fingerprint density at radius 3 is 2.87 bits per heavy atom. The minimum atomic E-state index is -0.616. The zero-order valence-electron chi connectivity index (χ0n) is 14.3. The second-order valence-corrected chi connectivity index (χ2v) is 8.05. The second kappa shape index (κ2) is 5.85. The fourth-order valence-corrected chi connectivity index (χ4v) is 5.48. The molecule has 4 atom stereocenters.